The molecule has 0 rings (SSSR count). The molecule has 0 fully saturated rings. The van der Waals surface area contributed by atoms with Gasteiger partial charge in [0.05, 0.1) is 6.61 Å². The topological polar surface area (TPSA) is 20.2 Å². The van der Waals surface area contributed by atoms with E-state index in [2.05, 4.69) is 19.1 Å². The zero-order valence-electron chi connectivity index (χ0n) is 7.72. The zero-order chi connectivity index (χ0) is 8.69. The van der Waals surface area contributed by atoms with Crippen LogP contribution in [0.1, 0.15) is 33.6 Å². The molecule has 0 aromatic heterocycles. The first kappa shape index (κ1) is 10.4. The summed E-state index contributed by atoms with van der Waals surface area (Å²) in [5.41, 5.74) is 2.42. The molecule has 0 spiro atoms. The zero-order valence-corrected chi connectivity index (χ0v) is 7.72. The minimum Gasteiger partial charge on any atom is -0.392 e. The van der Waals surface area contributed by atoms with E-state index < -0.39 is 0 Å². The molecule has 1 N–H and O–H groups in total. The van der Waals surface area contributed by atoms with Crippen LogP contribution in [0.4, 0.5) is 0 Å². The van der Waals surface area contributed by atoms with Crippen LogP contribution in [0.5, 0.6) is 0 Å². The molecule has 0 amide bonds. The van der Waals surface area contributed by atoms with E-state index in [-0.39, 0.29) is 6.61 Å². The van der Waals surface area contributed by atoms with Crippen molar-refractivity contribution in [2.75, 3.05) is 6.61 Å². The van der Waals surface area contributed by atoms with Crippen molar-refractivity contribution >= 4 is 0 Å². The maximum absolute atomic E-state index is 8.79. The third kappa shape index (κ3) is 4.79. The van der Waals surface area contributed by atoms with Crippen molar-refractivity contribution in [1.82, 2.24) is 0 Å². The molecule has 1 heteroatoms. The first-order valence-electron chi connectivity index (χ1n) is 4.09. The van der Waals surface area contributed by atoms with Crippen molar-refractivity contribution in [1.29, 1.82) is 0 Å². The summed E-state index contributed by atoms with van der Waals surface area (Å²) < 4.78 is 0. The Morgan fingerprint density at radius 1 is 1.27 bits per heavy atom. The van der Waals surface area contributed by atoms with E-state index in [1.165, 1.54) is 5.57 Å². The summed E-state index contributed by atoms with van der Waals surface area (Å²) in [5.74, 6) is 0. The summed E-state index contributed by atoms with van der Waals surface area (Å²) in [6.45, 7) is 6.28. The molecule has 0 aromatic carbocycles. The van der Waals surface area contributed by atoms with Crippen molar-refractivity contribution in [2.45, 2.75) is 33.6 Å². The maximum atomic E-state index is 8.79. The number of allylic oxidation sites excluding steroid dienone is 3. The second-order valence-electron chi connectivity index (χ2n) is 2.83. The number of aliphatic hydroxyl groups excluding tert-OH is 1. The van der Waals surface area contributed by atoms with Gasteiger partial charge in [0.15, 0.2) is 0 Å². The van der Waals surface area contributed by atoms with E-state index in [1.54, 1.807) is 0 Å². The van der Waals surface area contributed by atoms with Gasteiger partial charge in [-0.2, -0.15) is 0 Å². The quantitative estimate of drug-likeness (QED) is 0.617. The summed E-state index contributed by atoms with van der Waals surface area (Å²) in [4.78, 5) is 0. The Bertz CT molecular complexity index is 154. The van der Waals surface area contributed by atoms with Gasteiger partial charge in [0.2, 0.25) is 0 Å². The van der Waals surface area contributed by atoms with Gasteiger partial charge in [-0.1, -0.05) is 17.7 Å². The van der Waals surface area contributed by atoms with Gasteiger partial charge in [-0.3, -0.25) is 0 Å². The Kier molecular flexibility index (Phi) is 5.86. The highest BCUT2D eigenvalue weighted by molar-refractivity contribution is 5.10. The number of rotatable bonds is 4. The fourth-order valence-electron chi connectivity index (χ4n) is 0.815. The lowest BCUT2D eigenvalue weighted by Gasteiger charge is -2.02. The van der Waals surface area contributed by atoms with Crippen LogP contribution in [0.15, 0.2) is 23.3 Å². The highest BCUT2D eigenvalue weighted by Crippen LogP contribution is 2.09. The number of hydrogen-bond donors (Lipinski definition) is 1. The lowest BCUT2D eigenvalue weighted by Crippen LogP contribution is -1.89. The van der Waals surface area contributed by atoms with Gasteiger partial charge in [-0.25, -0.2) is 0 Å². The molecule has 0 heterocycles. The van der Waals surface area contributed by atoms with Crippen molar-refractivity contribution in [3.8, 4) is 0 Å². The molecule has 0 radical (unpaired) electrons. The fraction of sp³-hybridized carbons (Fsp3) is 0.600. The Morgan fingerprint density at radius 2 is 1.91 bits per heavy atom. The van der Waals surface area contributed by atoms with Crippen LogP contribution < -0.4 is 0 Å². The minimum absolute atomic E-state index is 0.196. The minimum atomic E-state index is 0.196. The first-order valence-corrected chi connectivity index (χ1v) is 4.09. The summed E-state index contributed by atoms with van der Waals surface area (Å²) >= 11 is 0. The van der Waals surface area contributed by atoms with Crippen molar-refractivity contribution in [3.63, 3.8) is 0 Å². The standard InChI is InChI=1S/C10H18O/c1-4-5-6-7-9(2)10(3)8-11/h4-5,11H,6-8H2,1-3H3/b5-4+,10-9+. The van der Waals surface area contributed by atoms with Crippen LogP contribution in [0.25, 0.3) is 0 Å². The fourth-order valence-corrected chi connectivity index (χ4v) is 0.815. The highest BCUT2D eigenvalue weighted by atomic mass is 16.3. The largest absolute Gasteiger partial charge is 0.392 e. The predicted octanol–water partition coefficient (Wildman–Crippen LogP) is 2.67. The molecule has 0 aromatic rings. The SMILES string of the molecule is C/C=C/CC/C(C)=C(\C)CO. The van der Waals surface area contributed by atoms with Crippen molar-refractivity contribution < 1.29 is 5.11 Å². The van der Waals surface area contributed by atoms with Gasteiger partial charge in [0.1, 0.15) is 0 Å². The number of hydrogen-bond acceptors (Lipinski definition) is 1. The molecule has 0 bridgehead atoms. The molecule has 64 valence electrons. The van der Waals surface area contributed by atoms with Crippen molar-refractivity contribution in [2.24, 2.45) is 0 Å². The smallest absolute Gasteiger partial charge is 0.0641 e. The molecule has 0 saturated heterocycles. The van der Waals surface area contributed by atoms with Gasteiger partial charge >= 0.3 is 0 Å². The van der Waals surface area contributed by atoms with Crippen LogP contribution in [0.2, 0.25) is 0 Å². The van der Waals surface area contributed by atoms with Gasteiger partial charge in [-0.15, -0.1) is 0 Å². The van der Waals surface area contributed by atoms with Crippen LogP contribution in [0.3, 0.4) is 0 Å². The maximum Gasteiger partial charge on any atom is 0.0641 e. The van der Waals surface area contributed by atoms with E-state index in [1.807, 2.05) is 13.8 Å². The van der Waals surface area contributed by atoms with Crippen molar-refractivity contribution in [3.05, 3.63) is 23.3 Å². The average Bonchev–Trinajstić information content (AvgIpc) is 2.03. The van der Waals surface area contributed by atoms with Crippen LogP contribution in [0, 0.1) is 0 Å². The lowest BCUT2D eigenvalue weighted by atomic mass is 10.1. The van der Waals surface area contributed by atoms with Gasteiger partial charge in [-0.05, 0) is 39.2 Å². The van der Waals surface area contributed by atoms with Gasteiger partial charge in [0.25, 0.3) is 0 Å². The van der Waals surface area contributed by atoms with Gasteiger partial charge < -0.3 is 5.11 Å². The highest BCUT2D eigenvalue weighted by Gasteiger charge is 1.93. The molecule has 1 nitrogen and oxygen atoms in total. The van der Waals surface area contributed by atoms with E-state index in [9.17, 15) is 0 Å². The molecule has 11 heavy (non-hydrogen) atoms. The van der Waals surface area contributed by atoms with E-state index >= 15 is 0 Å². The Balaban J connectivity index is 3.76. The van der Waals surface area contributed by atoms with Crippen LogP contribution >= 0.6 is 0 Å². The first-order chi connectivity index (χ1) is 5.22. The predicted molar refractivity (Wildman–Crippen MR) is 49.5 cm³/mol. The second-order valence-corrected chi connectivity index (χ2v) is 2.83. The molecule has 0 aliphatic rings. The van der Waals surface area contributed by atoms with E-state index in [0.29, 0.717) is 0 Å². The monoisotopic (exact) mass is 154 g/mol. The second kappa shape index (κ2) is 6.17. The third-order valence-electron chi connectivity index (χ3n) is 1.89. The Labute approximate surface area is 69.4 Å². The van der Waals surface area contributed by atoms with Gasteiger partial charge in [0, 0.05) is 0 Å². The Hall–Kier alpha value is -0.560. The summed E-state index contributed by atoms with van der Waals surface area (Å²) in [6.07, 6.45) is 6.35. The summed E-state index contributed by atoms with van der Waals surface area (Å²) in [6, 6.07) is 0. The average molecular weight is 154 g/mol. The number of aliphatic hydroxyl groups is 1. The molecule has 0 unspecified atom stereocenters. The summed E-state index contributed by atoms with van der Waals surface area (Å²) in [7, 11) is 0. The van der Waals surface area contributed by atoms with Crippen LogP contribution in [-0.4, -0.2) is 11.7 Å². The lowest BCUT2D eigenvalue weighted by molar-refractivity contribution is 0.329. The normalized spacial score (nSPS) is 13.8. The molecular formula is C10H18O. The molecule has 0 atom stereocenters. The Morgan fingerprint density at radius 3 is 2.36 bits per heavy atom. The molecule has 0 saturated carbocycles. The molecule has 0 aliphatic carbocycles. The van der Waals surface area contributed by atoms with E-state index in [0.717, 1.165) is 18.4 Å². The van der Waals surface area contributed by atoms with Crippen LogP contribution in [-0.2, 0) is 0 Å². The molecule has 0 aliphatic heterocycles. The van der Waals surface area contributed by atoms with E-state index in [4.69, 9.17) is 5.11 Å². The molecular weight excluding hydrogens is 136 g/mol. The third-order valence-corrected chi connectivity index (χ3v) is 1.89. The summed E-state index contributed by atoms with van der Waals surface area (Å²) in [5, 5.41) is 8.79.